The van der Waals surface area contributed by atoms with Crippen LogP contribution in [0.1, 0.15) is 17.2 Å². The highest BCUT2D eigenvalue weighted by atomic mass is 19.3. The minimum Gasteiger partial charge on any atom is -0.454 e. The molecule has 2 N–H and O–H groups in total. The van der Waals surface area contributed by atoms with E-state index in [1.165, 1.54) is 17.0 Å². The summed E-state index contributed by atoms with van der Waals surface area (Å²) in [6, 6.07) is 10.9. The van der Waals surface area contributed by atoms with E-state index in [0.717, 1.165) is 0 Å². The lowest BCUT2D eigenvalue weighted by Gasteiger charge is -2.23. The number of benzene rings is 2. The number of carbonyl (C=O) groups excluding carboxylic acids is 1. The maximum absolute atomic E-state index is 12.7. The van der Waals surface area contributed by atoms with Crippen molar-refractivity contribution in [2.24, 2.45) is 5.73 Å². The molecule has 0 aromatic heterocycles. The molecule has 1 heterocycles. The third-order valence-corrected chi connectivity index (χ3v) is 3.98. The van der Waals surface area contributed by atoms with Crippen molar-refractivity contribution in [3.63, 3.8) is 0 Å². The van der Waals surface area contributed by atoms with Gasteiger partial charge in [-0.15, -0.1) is 0 Å². The van der Waals surface area contributed by atoms with E-state index in [1.807, 2.05) is 6.07 Å². The fraction of sp³-hybridized carbons (Fsp3) is 0.278. The summed E-state index contributed by atoms with van der Waals surface area (Å²) >= 11 is 0. The van der Waals surface area contributed by atoms with Gasteiger partial charge in [0.2, 0.25) is 12.7 Å². The van der Waals surface area contributed by atoms with Gasteiger partial charge in [0.25, 0.3) is 0 Å². The average molecular weight is 364 g/mol. The van der Waals surface area contributed by atoms with Crippen LogP contribution in [0.4, 0.5) is 8.78 Å². The number of hydrogen-bond donors (Lipinski definition) is 1. The molecule has 8 heteroatoms. The summed E-state index contributed by atoms with van der Waals surface area (Å²) in [5, 5.41) is 0. The van der Waals surface area contributed by atoms with Crippen molar-refractivity contribution in [1.82, 2.24) is 4.90 Å². The summed E-state index contributed by atoms with van der Waals surface area (Å²) in [4.78, 5) is 13.9. The average Bonchev–Trinajstić information content (AvgIpc) is 3.08. The van der Waals surface area contributed by atoms with E-state index in [9.17, 15) is 13.6 Å². The number of halogens is 2. The summed E-state index contributed by atoms with van der Waals surface area (Å²) in [5.74, 6) is 0.309. The van der Waals surface area contributed by atoms with Gasteiger partial charge in [0.1, 0.15) is 11.8 Å². The summed E-state index contributed by atoms with van der Waals surface area (Å²) in [6.45, 7) is -2.97. The van der Waals surface area contributed by atoms with Crippen LogP contribution < -0.4 is 19.9 Å². The number of ether oxygens (including phenoxy) is 3. The standard InChI is InChI=1S/C18H18F2N2O4/c1-22(17(23)16(21)11-5-3-2-4-6-11)9-12-7-14-15(25-10-24-14)8-13(12)26-18(19)20/h2-8,16,18H,9-10,21H2,1H3. The Balaban J connectivity index is 1.80. The van der Waals surface area contributed by atoms with Gasteiger partial charge in [-0.2, -0.15) is 8.78 Å². The van der Waals surface area contributed by atoms with Crippen molar-refractivity contribution >= 4 is 5.91 Å². The van der Waals surface area contributed by atoms with Crippen LogP contribution in [0, 0.1) is 0 Å². The number of carbonyl (C=O) groups is 1. The molecule has 1 atom stereocenters. The SMILES string of the molecule is CN(Cc1cc2c(cc1OC(F)F)OCO2)C(=O)C(N)c1ccccc1. The predicted molar refractivity (Wildman–Crippen MR) is 89.0 cm³/mol. The van der Waals surface area contributed by atoms with E-state index in [4.69, 9.17) is 15.2 Å². The van der Waals surface area contributed by atoms with Gasteiger partial charge in [0.05, 0.1) is 0 Å². The Morgan fingerprint density at radius 1 is 1.23 bits per heavy atom. The Kier molecular flexibility index (Phi) is 5.22. The summed E-state index contributed by atoms with van der Waals surface area (Å²) < 4.78 is 40.4. The molecule has 0 fully saturated rings. The highest BCUT2D eigenvalue weighted by molar-refractivity contribution is 5.82. The quantitative estimate of drug-likeness (QED) is 0.853. The van der Waals surface area contributed by atoms with E-state index in [1.54, 1.807) is 31.3 Å². The highest BCUT2D eigenvalue weighted by Gasteiger charge is 2.24. The van der Waals surface area contributed by atoms with E-state index in [-0.39, 0.29) is 25.0 Å². The van der Waals surface area contributed by atoms with E-state index in [0.29, 0.717) is 22.6 Å². The number of nitrogens with zero attached hydrogens (tertiary/aromatic N) is 1. The van der Waals surface area contributed by atoms with E-state index < -0.39 is 12.7 Å². The molecule has 0 saturated heterocycles. The van der Waals surface area contributed by atoms with Crippen molar-refractivity contribution in [2.75, 3.05) is 13.8 Å². The van der Waals surface area contributed by atoms with E-state index >= 15 is 0 Å². The zero-order valence-electron chi connectivity index (χ0n) is 14.0. The van der Waals surface area contributed by atoms with Crippen LogP contribution in [-0.2, 0) is 11.3 Å². The molecule has 26 heavy (non-hydrogen) atoms. The molecule has 6 nitrogen and oxygen atoms in total. The molecule has 138 valence electrons. The number of nitrogens with two attached hydrogens (primary N) is 1. The van der Waals surface area contributed by atoms with E-state index in [2.05, 4.69) is 4.74 Å². The molecular weight excluding hydrogens is 346 g/mol. The molecule has 1 unspecified atom stereocenters. The maximum Gasteiger partial charge on any atom is 0.387 e. The Labute approximate surface area is 149 Å². The Bertz CT molecular complexity index is 786. The first-order valence-electron chi connectivity index (χ1n) is 7.88. The van der Waals surface area contributed by atoms with Gasteiger partial charge in [0, 0.05) is 25.2 Å². The Morgan fingerprint density at radius 3 is 2.54 bits per heavy atom. The van der Waals surface area contributed by atoms with Crippen molar-refractivity contribution in [1.29, 1.82) is 0 Å². The van der Waals surface area contributed by atoms with Crippen LogP contribution in [0.2, 0.25) is 0 Å². The van der Waals surface area contributed by atoms with Gasteiger partial charge < -0.3 is 24.8 Å². The molecule has 1 aliphatic heterocycles. The second kappa shape index (κ2) is 7.57. The number of rotatable bonds is 6. The zero-order valence-corrected chi connectivity index (χ0v) is 14.0. The monoisotopic (exact) mass is 364 g/mol. The van der Waals surface area contributed by atoms with Gasteiger partial charge in [-0.05, 0) is 11.6 Å². The number of likely N-dealkylation sites (N-methyl/N-ethyl adjacent to an activating group) is 1. The number of alkyl halides is 2. The van der Waals surface area contributed by atoms with Crippen LogP contribution in [0.25, 0.3) is 0 Å². The Morgan fingerprint density at radius 2 is 1.88 bits per heavy atom. The summed E-state index contributed by atoms with van der Waals surface area (Å²) in [7, 11) is 1.54. The second-order valence-corrected chi connectivity index (χ2v) is 5.77. The number of amides is 1. The molecule has 0 aliphatic carbocycles. The molecule has 0 saturated carbocycles. The lowest BCUT2D eigenvalue weighted by atomic mass is 10.1. The molecule has 2 aromatic rings. The largest absolute Gasteiger partial charge is 0.454 e. The summed E-state index contributed by atoms with van der Waals surface area (Å²) in [6.07, 6.45) is 0. The molecule has 3 rings (SSSR count). The first kappa shape index (κ1) is 17.9. The predicted octanol–water partition coefficient (Wildman–Crippen LogP) is 2.68. The lowest BCUT2D eigenvalue weighted by Crippen LogP contribution is -2.35. The minimum atomic E-state index is -3.00. The van der Waals surface area contributed by atoms with Crippen LogP contribution >= 0.6 is 0 Å². The molecule has 0 spiro atoms. The fourth-order valence-electron chi connectivity index (χ4n) is 2.67. The minimum absolute atomic E-state index is 0.000552. The van der Waals surface area contributed by atoms with Crippen molar-refractivity contribution in [3.8, 4) is 17.2 Å². The topological polar surface area (TPSA) is 74.0 Å². The Hall–Kier alpha value is -2.87. The molecule has 0 bridgehead atoms. The lowest BCUT2D eigenvalue weighted by molar-refractivity contribution is -0.132. The third kappa shape index (κ3) is 3.85. The van der Waals surface area contributed by atoms with Crippen LogP contribution in [0.5, 0.6) is 17.2 Å². The van der Waals surface area contributed by atoms with Gasteiger partial charge >= 0.3 is 6.61 Å². The van der Waals surface area contributed by atoms with Crippen LogP contribution in [0.3, 0.4) is 0 Å². The molecule has 2 aromatic carbocycles. The first-order chi connectivity index (χ1) is 12.5. The maximum atomic E-state index is 12.7. The van der Waals surface area contributed by atoms with Crippen LogP contribution in [-0.4, -0.2) is 31.3 Å². The first-order valence-corrected chi connectivity index (χ1v) is 7.88. The normalized spacial score (nSPS) is 13.6. The molecule has 0 radical (unpaired) electrons. The second-order valence-electron chi connectivity index (χ2n) is 5.77. The van der Waals surface area contributed by atoms with Gasteiger partial charge in [-0.1, -0.05) is 30.3 Å². The molecule has 1 aliphatic rings. The van der Waals surface area contributed by atoms with Crippen molar-refractivity contribution < 1.29 is 27.8 Å². The highest BCUT2D eigenvalue weighted by Crippen LogP contribution is 2.39. The van der Waals surface area contributed by atoms with Gasteiger partial charge in [-0.3, -0.25) is 4.79 Å². The molecule has 1 amide bonds. The third-order valence-electron chi connectivity index (χ3n) is 3.98. The van der Waals surface area contributed by atoms with Gasteiger partial charge in [-0.25, -0.2) is 0 Å². The smallest absolute Gasteiger partial charge is 0.387 e. The van der Waals surface area contributed by atoms with Crippen molar-refractivity contribution in [3.05, 3.63) is 53.6 Å². The van der Waals surface area contributed by atoms with Crippen molar-refractivity contribution in [2.45, 2.75) is 19.2 Å². The zero-order chi connectivity index (χ0) is 18.7. The summed E-state index contributed by atoms with van der Waals surface area (Å²) in [5.41, 5.74) is 7.05. The number of fused-ring (bicyclic) bond motifs is 1. The van der Waals surface area contributed by atoms with Crippen LogP contribution in [0.15, 0.2) is 42.5 Å². The fourth-order valence-corrected chi connectivity index (χ4v) is 2.67. The van der Waals surface area contributed by atoms with Gasteiger partial charge in [0.15, 0.2) is 11.5 Å². The molecular formula is C18H18F2N2O4. The number of hydrogen-bond acceptors (Lipinski definition) is 5.